The maximum absolute atomic E-state index is 2.30. The topological polar surface area (TPSA) is 0 Å². The van der Waals surface area contributed by atoms with Crippen LogP contribution in [0.25, 0.3) is 0 Å². The molecule has 15 heavy (non-hydrogen) atoms. The molecule has 0 fully saturated rings. The second kappa shape index (κ2) is 8.52. The molecular weight excluding hydrogens is 180 g/mol. The highest BCUT2D eigenvalue weighted by Gasteiger charge is 2.20. The fourth-order valence-corrected chi connectivity index (χ4v) is 1.88. The van der Waals surface area contributed by atoms with E-state index in [1.54, 1.807) is 0 Å². The Morgan fingerprint density at radius 1 is 0.533 bits per heavy atom. The minimum atomic E-state index is 0.667. The van der Waals surface area contributed by atoms with Crippen molar-refractivity contribution >= 4 is 0 Å². The average Bonchev–Trinajstić information content (AvgIpc) is 2.36. The Morgan fingerprint density at radius 3 is 0.800 bits per heavy atom. The van der Waals surface area contributed by atoms with Gasteiger partial charge in [0.25, 0.3) is 0 Å². The fraction of sp³-hybridized carbons (Fsp3) is 0.600. The minimum absolute atomic E-state index is 0.667. The van der Waals surface area contributed by atoms with Gasteiger partial charge in [0.2, 0.25) is 0 Å². The van der Waals surface area contributed by atoms with Gasteiger partial charge in [-0.3, -0.25) is 0 Å². The van der Waals surface area contributed by atoms with E-state index in [9.17, 15) is 0 Å². The molecule has 0 spiro atoms. The van der Waals surface area contributed by atoms with Gasteiger partial charge in [0.05, 0.1) is 0 Å². The molecule has 1 aromatic rings. The van der Waals surface area contributed by atoms with Gasteiger partial charge in [-0.2, -0.15) is 0 Å². The van der Waals surface area contributed by atoms with Crippen LogP contribution in [0.4, 0.5) is 0 Å². The molecule has 0 amide bonds. The molecular formula is C15H26. The van der Waals surface area contributed by atoms with Crippen molar-refractivity contribution < 1.29 is 0 Å². The van der Waals surface area contributed by atoms with E-state index < -0.39 is 0 Å². The van der Waals surface area contributed by atoms with Crippen LogP contribution in [-0.2, 0) is 0 Å². The van der Waals surface area contributed by atoms with E-state index in [2.05, 4.69) is 27.7 Å². The summed E-state index contributed by atoms with van der Waals surface area (Å²) in [5.74, 6) is 0. The first-order chi connectivity index (χ1) is 7.24. The summed E-state index contributed by atoms with van der Waals surface area (Å²) >= 11 is 0. The van der Waals surface area contributed by atoms with Crippen LogP contribution in [0.3, 0.4) is 0 Å². The summed E-state index contributed by atoms with van der Waals surface area (Å²) in [6.07, 6.45) is 5.38. The summed E-state index contributed by atoms with van der Waals surface area (Å²) in [5.41, 5.74) is 0.667. The quantitative estimate of drug-likeness (QED) is 0.627. The lowest BCUT2D eigenvalue weighted by atomic mass is 9.78. The molecule has 0 saturated carbocycles. The predicted octanol–water partition coefficient (Wildman–Crippen LogP) is 5.30. The Balaban J connectivity index is 0.000000280. The first-order valence-electron chi connectivity index (χ1n) is 6.24. The molecule has 0 atom stereocenters. The van der Waals surface area contributed by atoms with E-state index in [0.29, 0.717) is 5.41 Å². The number of rotatable bonds is 4. The van der Waals surface area contributed by atoms with Gasteiger partial charge in [0.1, 0.15) is 0 Å². The number of benzene rings is 1. The second-order valence-corrected chi connectivity index (χ2v) is 4.07. The fourth-order valence-electron chi connectivity index (χ4n) is 1.88. The van der Waals surface area contributed by atoms with Crippen molar-refractivity contribution in [2.24, 2.45) is 5.41 Å². The van der Waals surface area contributed by atoms with Gasteiger partial charge >= 0.3 is 0 Å². The zero-order valence-electron chi connectivity index (χ0n) is 10.8. The standard InChI is InChI=1S/C9H20.C6H6/c1-5-9(6-2,7-3)8-4;1-2-4-6-5-3-1/h5-8H2,1-4H3;1-6H. The summed E-state index contributed by atoms with van der Waals surface area (Å²) in [5, 5.41) is 0. The highest BCUT2D eigenvalue weighted by atomic mass is 14.3. The van der Waals surface area contributed by atoms with Crippen LogP contribution >= 0.6 is 0 Å². The Morgan fingerprint density at radius 2 is 0.733 bits per heavy atom. The molecule has 86 valence electrons. The molecule has 0 aliphatic carbocycles. The molecule has 0 aliphatic rings. The van der Waals surface area contributed by atoms with Crippen molar-refractivity contribution in [3.63, 3.8) is 0 Å². The summed E-state index contributed by atoms with van der Waals surface area (Å²) in [7, 11) is 0. The number of hydrogen-bond acceptors (Lipinski definition) is 0. The van der Waals surface area contributed by atoms with Crippen molar-refractivity contribution in [3.05, 3.63) is 36.4 Å². The Labute approximate surface area is 95.7 Å². The maximum atomic E-state index is 2.30. The van der Waals surface area contributed by atoms with E-state index in [0.717, 1.165) is 0 Å². The molecule has 0 aromatic heterocycles. The molecule has 0 heterocycles. The first kappa shape index (κ1) is 14.2. The largest absolute Gasteiger partial charge is 0.0649 e. The van der Waals surface area contributed by atoms with Gasteiger partial charge in [-0.05, 0) is 5.41 Å². The molecule has 0 heteroatoms. The van der Waals surface area contributed by atoms with Crippen LogP contribution < -0.4 is 0 Å². The molecule has 1 aromatic carbocycles. The third kappa shape index (κ3) is 5.61. The zero-order chi connectivity index (χ0) is 11.6. The smallest absolute Gasteiger partial charge is 0.0308 e. The maximum Gasteiger partial charge on any atom is -0.0308 e. The molecule has 0 radical (unpaired) electrons. The molecule has 0 aliphatic heterocycles. The van der Waals surface area contributed by atoms with Crippen molar-refractivity contribution in [1.82, 2.24) is 0 Å². The Hall–Kier alpha value is -0.780. The lowest BCUT2D eigenvalue weighted by Gasteiger charge is -2.28. The van der Waals surface area contributed by atoms with E-state index in [-0.39, 0.29) is 0 Å². The zero-order valence-corrected chi connectivity index (χ0v) is 10.8. The van der Waals surface area contributed by atoms with Crippen LogP contribution in [0.1, 0.15) is 53.4 Å². The Bertz CT molecular complexity index is 165. The summed E-state index contributed by atoms with van der Waals surface area (Å²) in [6.45, 7) is 9.21. The van der Waals surface area contributed by atoms with Crippen LogP contribution in [-0.4, -0.2) is 0 Å². The molecule has 1 rings (SSSR count). The molecule has 0 N–H and O–H groups in total. The summed E-state index contributed by atoms with van der Waals surface area (Å²) in [6, 6.07) is 12.0. The SMILES string of the molecule is CCC(CC)(CC)CC.c1ccccc1. The van der Waals surface area contributed by atoms with E-state index in [4.69, 9.17) is 0 Å². The number of hydrogen-bond donors (Lipinski definition) is 0. The second-order valence-electron chi connectivity index (χ2n) is 4.07. The van der Waals surface area contributed by atoms with Crippen molar-refractivity contribution in [2.45, 2.75) is 53.4 Å². The lowest BCUT2D eigenvalue weighted by molar-refractivity contribution is 0.240. The highest BCUT2D eigenvalue weighted by molar-refractivity contribution is 4.99. The van der Waals surface area contributed by atoms with Crippen molar-refractivity contribution in [2.75, 3.05) is 0 Å². The van der Waals surface area contributed by atoms with Gasteiger partial charge in [-0.15, -0.1) is 0 Å². The van der Waals surface area contributed by atoms with E-state index in [1.165, 1.54) is 25.7 Å². The average molecular weight is 206 g/mol. The van der Waals surface area contributed by atoms with Gasteiger partial charge in [-0.1, -0.05) is 89.8 Å². The molecule has 0 nitrogen and oxygen atoms in total. The summed E-state index contributed by atoms with van der Waals surface area (Å²) in [4.78, 5) is 0. The first-order valence-corrected chi connectivity index (χ1v) is 6.24. The molecule has 0 bridgehead atoms. The van der Waals surface area contributed by atoms with Gasteiger partial charge in [-0.25, -0.2) is 0 Å². The predicted molar refractivity (Wildman–Crippen MR) is 70.0 cm³/mol. The third-order valence-electron chi connectivity index (χ3n) is 3.67. The highest BCUT2D eigenvalue weighted by Crippen LogP contribution is 2.33. The van der Waals surface area contributed by atoms with Crippen LogP contribution in [0.2, 0.25) is 0 Å². The Kier molecular flexibility index (Phi) is 8.08. The lowest BCUT2D eigenvalue weighted by Crippen LogP contribution is -2.15. The monoisotopic (exact) mass is 206 g/mol. The van der Waals surface area contributed by atoms with Gasteiger partial charge < -0.3 is 0 Å². The van der Waals surface area contributed by atoms with Gasteiger partial charge in [0, 0.05) is 0 Å². The third-order valence-corrected chi connectivity index (χ3v) is 3.67. The van der Waals surface area contributed by atoms with Crippen LogP contribution in [0, 0.1) is 5.41 Å². The van der Waals surface area contributed by atoms with E-state index >= 15 is 0 Å². The summed E-state index contributed by atoms with van der Waals surface area (Å²) < 4.78 is 0. The molecule has 0 saturated heterocycles. The molecule has 0 unspecified atom stereocenters. The van der Waals surface area contributed by atoms with Gasteiger partial charge in [0.15, 0.2) is 0 Å². The van der Waals surface area contributed by atoms with Crippen molar-refractivity contribution in [1.29, 1.82) is 0 Å². The van der Waals surface area contributed by atoms with E-state index in [1.807, 2.05) is 36.4 Å². The van der Waals surface area contributed by atoms with Crippen LogP contribution in [0.15, 0.2) is 36.4 Å². The van der Waals surface area contributed by atoms with Crippen LogP contribution in [0.5, 0.6) is 0 Å². The normalized spacial score (nSPS) is 10.4. The van der Waals surface area contributed by atoms with Crippen molar-refractivity contribution in [3.8, 4) is 0 Å². The minimum Gasteiger partial charge on any atom is -0.0649 e.